The topological polar surface area (TPSA) is 76.3 Å². The number of hydrogen-bond acceptors (Lipinski definition) is 5. The minimum Gasteiger partial charge on any atom is -0.309 e. The summed E-state index contributed by atoms with van der Waals surface area (Å²) >= 11 is 0. The van der Waals surface area contributed by atoms with Crippen LogP contribution in [0.4, 0.5) is 5.69 Å². The van der Waals surface area contributed by atoms with Crippen LogP contribution in [0.2, 0.25) is 0 Å². The first-order chi connectivity index (χ1) is 11.6. The molecule has 126 valence electrons. The van der Waals surface area contributed by atoms with E-state index < -0.39 is 0 Å². The lowest BCUT2D eigenvalue weighted by Gasteiger charge is -2.39. The first kappa shape index (κ1) is 15.1. The molecule has 24 heavy (non-hydrogen) atoms. The van der Waals surface area contributed by atoms with Gasteiger partial charge in [-0.15, -0.1) is 0 Å². The molecule has 0 radical (unpaired) electrons. The Morgan fingerprint density at radius 2 is 2.04 bits per heavy atom. The number of aromatic nitrogens is 4. The molecule has 8 nitrogen and oxygen atoms in total. The van der Waals surface area contributed by atoms with Crippen molar-refractivity contribution < 1.29 is 4.79 Å². The fourth-order valence-corrected chi connectivity index (χ4v) is 3.28. The number of carbonyl (C=O) groups is 1. The van der Waals surface area contributed by atoms with Crippen molar-refractivity contribution in [2.75, 3.05) is 24.5 Å². The second kappa shape index (κ2) is 5.86. The number of likely N-dealkylation sites (tertiary alicyclic amines) is 1. The molecule has 2 aliphatic rings. The third-order valence-corrected chi connectivity index (χ3v) is 4.72. The summed E-state index contributed by atoms with van der Waals surface area (Å²) in [6.45, 7) is 3.27. The molecule has 0 atom stereocenters. The maximum atomic E-state index is 11.8. The Balaban J connectivity index is 1.35. The molecule has 0 unspecified atom stereocenters. The second-order valence-corrected chi connectivity index (χ2v) is 6.50. The van der Waals surface area contributed by atoms with Gasteiger partial charge in [0.15, 0.2) is 0 Å². The quantitative estimate of drug-likeness (QED) is 0.799. The van der Waals surface area contributed by atoms with Crippen molar-refractivity contribution in [2.45, 2.75) is 25.4 Å². The van der Waals surface area contributed by atoms with Crippen LogP contribution >= 0.6 is 0 Å². The van der Waals surface area contributed by atoms with E-state index in [1.807, 2.05) is 15.8 Å². The minimum absolute atomic E-state index is 0.0865. The standard InChI is InChI=1S/C16H20N6O2/c1-19-16(24)5-12(6-17-19)8-20-9-14(10-20)22-11-13(7-18-22)21-4-2-3-15(21)23/h5-7,11,14H,2-4,8-10H2,1H3. The number of aryl methyl sites for hydroxylation is 1. The summed E-state index contributed by atoms with van der Waals surface area (Å²) in [6, 6.07) is 1.95. The summed E-state index contributed by atoms with van der Waals surface area (Å²) < 4.78 is 3.27. The zero-order valence-corrected chi connectivity index (χ0v) is 13.6. The van der Waals surface area contributed by atoms with Gasteiger partial charge in [-0.25, -0.2) is 4.68 Å². The fourth-order valence-electron chi connectivity index (χ4n) is 3.28. The molecule has 4 rings (SSSR count). The third-order valence-electron chi connectivity index (χ3n) is 4.72. The van der Waals surface area contributed by atoms with Crippen molar-refractivity contribution in [3.8, 4) is 0 Å². The molecule has 2 aromatic heterocycles. The first-order valence-corrected chi connectivity index (χ1v) is 8.19. The van der Waals surface area contributed by atoms with Crippen LogP contribution in [0.3, 0.4) is 0 Å². The molecule has 2 aromatic rings. The van der Waals surface area contributed by atoms with Crippen molar-refractivity contribution in [1.29, 1.82) is 0 Å². The lowest BCUT2D eigenvalue weighted by molar-refractivity contribution is -0.117. The van der Waals surface area contributed by atoms with E-state index in [1.54, 1.807) is 25.5 Å². The molecule has 2 aliphatic heterocycles. The van der Waals surface area contributed by atoms with Gasteiger partial charge in [-0.1, -0.05) is 0 Å². The second-order valence-electron chi connectivity index (χ2n) is 6.50. The Morgan fingerprint density at radius 3 is 2.75 bits per heavy atom. The van der Waals surface area contributed by atoms with E-state index >= 15 is 0 Å². The van der Waals surface area contributed by atoms with E-state index in [1.165, 1.54) is 4.68 Å². The molecule has 1 amide bonds. The van der Waals surface area contributed by atoms with E-state index in [2.05, 4.69) is 15.1 Å². The van der Waals surface area contributed by atoms with E-state index in [0.29, 0.717) is 12.5 Å². The number of rotatable bonds is 4. The molecule has 2 fully saturated rings. The van der Waals surface area contributed by atoms with Gasteiger partial charge in [-0.2, -0.15) is 10.2 Å². The Morgan fingerprint density at radius 1 is 1.21 bits per heavy atom. The van der Waals surface area contributed by atoms with E-state index in [-0.39, 0.29) is 11.5 Å². The van der Waals surface area contributed by atoms with Gasteiger partial charge in [-0.3, -0.25) is 19.2 Å². The fraction of sp³-hybridized carbons (Fsp3) is 0.500. The normalized spacial score (nSPS) is 19.0. The largest absolute Gasteiger partial charge is 0.309 e. The van der Waals surface area contributed by atoms with Crippen molar-refractivity contribution in [1.82, 2.24) is 24.5 Å². The molecule has 0 aromatic carbocycles. The number of hydrogen-bond donors (Lipinski definition) is 0. The van der Waals surface area contributed by atoms with Crippen LogP contribution in [-0.2, 0) is 18.4 Å². The zero-order chi connectivity index (χ0) is 16.7. The summed E-state index contributed by atoms with van der Waals surface area (Å²) in [5.41, 5.74) is 1.74. The molecule has 8 heteroatoms. The van der Waals surface area contributed by atoms with Crippen LogP contribution in [-0.4, -0.2) is 50.0 Å². The Bertz CT molecular complexity index is 820. The van der Waals surface area contributed by atoms with Crippen LogP contribution in [0.25, 0.3) is 0 Å². The highest BCUT2D eigenvalue weighted by molar-refractivity contribution is 5.95. The maximum absolute atomic E-state index is 11.8. The maximum Gasteiger partial charge on any atom is 0.266 e. The van der Waals surface area contributed by atoms with Crippen molar-refractivity contribution >= 4 is 11.6 Å². The van der Waals surface area contributed by atoms with Gasteiger partial charge in [0.05, 0.1) is 24.1 Å². The lowest BCUT2D eigenvalue weighted by atomic mass is 10.1. The van der Waals surface area contributed by atoms with Gasteiger partial charge in [0.1, 0.15) is 0 Å². The summed E-state index contributed by atoms with van der Waals surface area (Å²) in [4.78, 5) is 27.5. The molecule has 0 saturated carbocycles. The Hall–Kier alpha value is -2.48. The number of nitrogens with zero attached hydrogens (tertiary/aromatic N) is 6. The minimum atomic E-state index is -0.0865. The SMILES string of the molecule is Cn1ncc(CN2CC(n3cc(N4CCCC4=O)cn3)C2)cc1=O. The van der Waals surface area contributed by atoms with Crippen molar-refractivity contribution in [3.63, 3.8) is 0 Å². The number of amides is 1. The monoisotopic (exact) mass is 328 g/mol. The van der Waals surface area contributed by atoms with Crippen LogP contribution in [0, 0.1) is 0 Å². The van der Waals surface area contributed by atoms with E-state index in [4.69, 9.17) is 0 Å². The van der Waals surface area contributed by atoms with E-state index in [9.17, 15) is 9.59 Å². The zero-order valence-electron chi connectivity index (χ0n) is 13.6. The summed E-state index contributed by atoms with van der Waals surface area (Å²) in [6.07, 6.45) is 7.03. The highest BCUT2D eigenvalue weighted by Gasteiger charge is 2.30. The molecule has 2 saturated heterocycles. The van der Waals surface area contributed by atoms with Gasteiger partial charge in [0, 0.05) is 51.9 Å². The van der Waals surface area contributed by atoms with Gasteiger partial charge in [0.2, 0.25) is 5.91 Å². The van der Waals surface area contributed by atoms with Crippen LogP contribution in [0.15, 0.2) is 29.5 Å². The summed E-state index contributed by atoms with van der Waals surface area (Å²) in [5.74, 6) is 0.183. The van der Waals surface area contributed by atoms with Crippen molar-refractivity contribution in [3.05, 3.63) is 40.6 Å². The van der Waals surface area contributed by atoms with Crippen molar-refractivity contribution in [2.24, 2.45) is 7.05 Å². The van der Waals surface area contributed by atoms with E-state index in [0.717, 1.165) is 43.9 Å². The molecule has 4 heterocycles. The summed E-state index contributed by atoms with van der Waals surface area (Å²) in [7, 11) is 1.65. The number of anilines is 1. The first-order valence-electron chi connectivity index (χ1n) is 8.19. The molecular weight excluding hydrogens is 308 g/mol. The predicted molar refractivity (Wildman–Crippen MR) is 87.6 cm³/mol. The number of carbonyl (C=O) groups excluding carboxylic acids is 1. The Labute approximate surface area is 139 Å². The Kier molecular flexibility index (Phi) is 3.68. The van der Waals surface area contributed by atoms with Gasteiger partial charge in [-0.05, 0) is 12.0 Å². The predicted octanol–water partition coefficient (Wildman–Crippen LogP) is 0.160. The van der Waals surface area contributed by atoms with Crippen LogP contribution in [0.5, 0.6) is 0 Å². The van der Waals surface area contributed by atoms with Crippen LogP contribution in [0.1, 0.15) is 24.4 Å². The average molecular weight is 328 g/mol. The smallest absolute Gasteiger partial charge is 0.266 e. The van der Waals surface area contributed by atoms with Gasteiger partial charge in [0.25, 0.3) is 5.56 Å². The molecule has 0 bridgehead atoms. The van der Waals surface area contributed by atoms with Gasteiger partial charge < -0.3 is 4.90 Å². The highest BCUT2D eigenvalue weighted by atomic mass is 16.2. The molecule has 0 aliphatic carbocycles. The lowest BCUT2D eigenvalue weighted by Crippen LogP contribution is -2.47. The highest BCUT2D eigenvalue weighted by Crippen LogP contribution is 2.26. The molecule has 0 spiro atoms. The molecular formula is C16H20N6O2. The van der Waals surface area contributed by atoms with Gasteiger partial charge >= 0.3 is 0 Å². The third kappa shape index (κ3) is 2.73. The molecule has 0 N–H and O–H groups in total. The summed E-state index contributed by atoms with van der Waals surface area (Å²) in [5, 5.41) is 8.46. The average Bonchev–Trinajstić information content (AvgIpc) is 3.14. The van der Waals surface area contributed by atoms with Crippen LogP contribution < -0.4 is 10.5 Å².